The molecule has 5 heteroatoms. The van der Waals surface area contributed by atoms with Crippen molar-refractivity contribution in [1.29, 1.82) is 0 Å². The summed E-state index contributed by atoms with van der Waals surface area (Å²) in [5.74, 6) is -0.0675. The highest BCUT2D eigenvalue weighted by Gasteiger charge is 2.33. The minimum absolute atomic E-state index is 0.0394. The summed E-state index contributed by atoms with van der Waals surface area (Å²) in [6.07, 6.45) is 3.08. The topological polar surface area (TPSA) is 70.2 Å². The van der Waals surface area contributed by atoms with E-state index in [1.807, 2.05) is 19.1 Å². The molecule has 3 N–H and O–H groups in total. The summed E-state index contributed by atoms with van der Waals surface area (Å²) in [7, 11) is 1.61. The molecule has 1 heterocycles. The smallest absolute Gasteiger partial charge is 0.251 e. The van der Waals surface area contributed by atoms with Gasteiger partial charge in [0.15, 0.2) is 0 Å². The van der Waals surface area contributed by atoms with Gasteiger partial charge in [-0.25, -0.2) is 0 Å². The molecular weight excluding hydrogens is 266 g/mol. The van der Waals surface area contributed by atoms with Gasteiger partial charge in [-0.15, -0.1) is 0 Å². The van der Waals surface area contributed by atoms with E-state index in [-0.39, 0.29) is 11.8 Å². The molecule has 21 heavy (non-hydrogen) atoms. The normalized spacial score (nSPS) is 21.6. The first-order chi connectivity index (χ1) is 10.0. The number of benzene rings is 1. The Morgan fingerprint density at radius 2 is 1.95 bits per heavy atom. The summed E-state index contributed by atoms with van der Waals surface area (Å²) in [5, 5.41) is 8.85. The monoisotopic (exact) mass is 289 g/mol. The van der Waals surface area contributed by atoms with E-state index in [4.69, 9.17) is 0 Å². The van der Waals surface area contributed by atoms with Gasteiger partial charge in [-0.05, 0) is 50.4 Å². The standard InChI is InChI=1S/C16H23N3O2/c1-16(9-3-4-10-19-16)15(21)18-11-12-5-7-13(8-6-12)14(20)17-2/h5-8,19H,3-4,9-11H2,1-2H3,(H,17,20)(H,18,21). The van der Waals surface area contributed by atoms with E-state index in [9.17, 15) is 9.59 Å². The van der Waals surface area contributed by atoms with Crippen LogP contribution >= 0.6 is 0 Å². The van der Waals surface area contributed by atoms with Crippen LogP contribution in [-0.4, -0.2) is 30.9 Å². The van der Waals surface area contributed by atoms with Crippen LogP contribution in [0.25, 0.3) is 0 Å². The predicted octanol–water partition coefficient (Wildman–Crippen LogP) is 1.19. The maximum Gasteiger partial charge on any atom is 0.251 e. The average molecular weight is 289 g/mol. The molecule has 1 fully saturated rings. The molecule has 0 spiro atoms. The molecule has 0 saturated carbocycles. The van der Waals surface area contributed by atoms with Crippen LogP contribution < -0.4 is 16.0 Å². The van der Waals surface area contributed by atoms with Crippen LogP contribution in [0.1, 0.15) is 42.1 Å². The Hall–Kier alpha value is -1.88. The van der Waals surface area contributed by atoms with Crippen molar-refractivity contribution < 1.29 is 9.59 Å². The Morgan fingerprint density at radius 1 is 1.24 bits per heavy atom. The van der Waals surface area contributed by atoms with E-state index in [1.165, 1.54) is 0 Å². The minimum Gasteiger partial charge on any atom is -0.355 e. The highest BCUT2D eigenvalue weighted by molar-refractivity contribution is 5.94. The van der Waals surface area contributed by atoms with E-state index < -0.39 is 5.54 Å². The number of hydrogen-bond donors (Lipinski definition) is 3. The van der Waals surface area contributed by atoms with E-state index in [0.717, 1.165) is 31.4 Å². The summed E-state index contributed by atoms with van der Waals surface area (Å²) in [5.41, 5.74) is 1.14. The van der Waals surface area contributed by atoms with Crippen molar-refractivity contribution in [3.63, 3.8) is 0 Å². The van der Waals surface area contributed by atoms with Gasteiger partial charge < -0.3 is 16.0 Å². The molecule has 1 atom stereocenters. The second kappa shape index (κ2) is 6.72. The fraction of sp³-hybridized carbons (Fsp3) is 0.500. The van der Waals surface area contributed by atoms with Gasteiger partial charge in [-0.1, -0.05) is 12.1 Å². The van der Waals surface area contributed by atoms with Gasteiger partial charge in [0.05, 0.1) is 5.54 Å². The van der Waals surface area contributed by atoms with Crippen molar-refractivity contribution in [2.45, 2.75) is 38.3 Å². The van der Waals surface area contributed by atoms with Crippen molar-refractivity contribution in [2.75, 3.05) is 13.6 Å². The molecular formula is C16H23N3O2. The molecule has 2 amide bonds. The minimum atomic E-state index is -0.458. The molecule has 0 radical (unpaired) electrons. The van der Waals surface area contributed by atoms with E-state index in [2.05, 4.69) is 16.0 Å². The van der Waals surface area contributed by atoms with Gasteiger partial charge in [0, 0.05) is 19.2 Å². The van der Waals surface area contributed by atoms with Crippen LogP contribution in [0.5, 0.6) is 0 Å². The molecule has 1 aliphatic rings. The SMILES string of the molecule is CNC(=O)c1ccc(CNC(=O)C2(C)CCCCN2)cc1. The molecule has 1 aliphatic heterocycles. The lowest BCUT2D eigenvalue weighted by atomic mass is 9.90. The van der Waals surface area contributed by atoms with Crippen molar-refractivity contribution in [3.05, 3.63) is 35.4 Å². The van der Waals surface area contributed by atoms with E-state index in [1.54, 1.807) is 19.2 Å². The zero-order valence-corrected chi connectivity index (χ0v) is 12.7. The van der Waals surface area contributed by atoms with Crippen molar-refractivity contribution in [2.24, 2.45) is 0 Å². The summed E-state index contributed by atoms with van der Waals surface area (Å²) < 4.78 is 0. The van der Waals surface area contributed by atoms with Crippen LogP contribution in [0.4, 0.5) is 0 Å². The molecule has 0 bridgehead atoms. The molecule has 0 aliphatic carbocycles. The first kappa shape index (κ1) is 15.5. The third kappa shape index (κ3) is 3.82. The second-order valence-electron chi connectivity index (χ2n) is 5.67. The lowest BCUT2D eigenvalue weighted by Crippen LogP contribution is -2.56. The maximum atomic E-state index is 12.3. The molecule has 2 rings (SSSR count). The number of rotatable bonds is 4. The fourth-order valence-corrected chi connectivity index (χ4v) is 2.55. The number of nitrogens with one attached hydrogen (secondary N) is 3. The van der Waals surface area contributed by atoms with E-state index in [0.29, 0.717) is 12.1 Å². The summed E-state index contributed by atoms with van der Waals surface area (Å²) in [6.45, 7) is 3.32. The van der Waals surface area contributed by atoms with Crippen LogP contribution in [0, 0.1) is 0 Å². The molecule has 1 aromatic rings. The quantitative estimate of drug-likeness (QED) is 0.780. The lowest BCUT2D eigenvalue weighted by molar-refractivity contribution is -0.128. The Kier molecular flexibility index (Phi) is 4.96. The van der Waals surface area contributed by atoms with Gasteiger partial charge in [-0.2, -0.15) is 0 Å². The van der Waals surface area contributed by atoms with Gasteiger partial charge >= 0.3 is 0 Å². The van der Waals surface area contributed by atoms with E-state index >= 15 is 0 Å². The summed E-state index contributed by atoms with van der Waals surface area (Å²) >= 11 is 0. The van der Waals surface area contributed by atoms with Crippen LogP contribution in [0.15, 0.2) is 24.3 Å². The highest BCUT2D eigenvalue weighted by Crippen LogP contribution is 2.18. The molecule has 114 valence electrons. The average Bonchev–Trinajstić information content (AvgIpc) is 2.53. The Balaban J connectivity index is 1.90. The van der Waals surface area contributed by atoms with Crippen molar-refractivity contribution >= 4 is 11.8 Å². The van der Waals surface area contributed by atoms with Crippen molar-refractivity contribution in [3.8, 4) is 0 Å². The van der Waals surface area contributed by atoms with Crippen molar-refractivity contribution in [1.82, 2.24) is 16.0 Å². The Labute approximate surface area is 125 Å². The number of amides is 2. The van der Waals surface area contributed by atoms with Crippen LogP contribution in [0.3, 0.4) is 0 Å². The lowest BCUT2D eigenvalue weighted by Gasteiger charge is -2.33. The summed E-state index contributed by atoms with van der Waals surface area (Å²) in [4.78, 5) is 23.7. The highest BCUT2D eigenvalue weighted by atomic mass is 16.2. The van der Waals surface area contributed by atoms with Crippen LogP contribution in [-0.2, 0) is 11.3 Å². The third-order valence-electron chi connectivity index (χ3n) is 4.02. The predicted molar refractivity (Wildman–Crippen MR) is 81.9 cm³/mol. The maximum absolute atomic E-state index is 12.3. The number of hydrogen-bond acceptors (Lipinski definition) is 3. The van der Waals surface area contributed by atoms with Gasteiger partial charge in [0.2, 0.25) is 5.91 Å². The van der Waals surface area contributed by atoms with Gasteiger partial charge in [0.1, 0.15) is 0 Å². The first-order valence-electron chi connectivity index (χ1n) is 7.39. The molecule has 0 aromatic heterocycles. The molecule has 5 nitrogen and oxygen atoms in total. The molecule has 1 unspecified atom stereocenters. The molecule has 1 aromatic carbocycles. The van der Waals surface area contributed by atoms with Gasteiger partial charge in [0.25, 0.3) is 5.91 Å². The first-order valence-corrected chi connectivity index (χ1v) is 7.39. The Morgan fingerprint density at radius 3 is 2.52 bits per heavy atom. The number of carbonyl (C=O) groups excluding carboxylic acids is 2. The third-order valence-corrected chi connectivity index (χ3v) is 4.02. The zero-order valence-electron chi connectivity index (χ0n) is 12.7. The summed E-state index contributed by atoms with van der Waals surface area (Å²) in [6, 6.07) is 7.25. The number of piperidine rings is 1. The second-order valence-corrected chi connectivity index (χ2v) is 5.67. The number of carbonyl (C=O) groups is 2. The van der Waals surface area contributed by atoms with Gasteiger partial charge in [-0.3, -0.25) is 9.59 Å². The zero-order chi connectivity index (χ0) is 15.3. The van der Waals surface area contributed by atoms with Crippen LogP contribution in [0.2, 0.25) is 0 Å². The largest absolute Gasteiger partial charge is 0.355 e. The Bertz CT molecular complexity index is 505. The molecule has 1 saturated heterocycles. The fourth-order valence-electron chi connectivity index (χ4n) is 2.55.